The summed E-state index contributed by atoms with van der Waals surface area (Å²) in [4.78, 5) is 38.2. The summed E-state index contributed by atoms with van der Waals surface area (Å²) in [6.07, 6.45) is 57.1. The van der Waals surface area contributed by atoms with Gasteiger partial charge in [-0.25, -0.2) is 0 Å². The lowest BCUT2D eigenvalue weighted by Gasteiger charge is -2.18. The van der Waals surface area contributed by atoms with Crippen molar-refractivity contribution in [2.24, 2.45) is 17.8 Å². The van der Waals surface area contributed by atoms with Crippen LogP contribution in [0.15, 0.2) is 36.5 Å². The van der Waals surface area contributed by atoms with Crippen LogP contribution in [-0.4, -0.2) is 37.2 Å². The quantitative estimate of drug-likeness (QED) is 0.0262. The van der Waals surface area contributed by atoms with Gasteiger partial charge in [0.05, 0.1) is 0 Å². The molecule has 0 aromatic rings. The molecular formula is C60H110O6. The van der Waals surface area contributed by atoms with E-state index in [0.29, 0.717) is 19.3 Å². The third-order valence-corrected chi connectivity index (χ3v) is 13.2. The van der Waals surface area contributed by atoms with Gasteiger partial charge in [-0.3, -0.25) is 14.4 Å². The molecule has 6 heteroatoms. The second-order valence-corrected chi connectivity index (χ2v) is 20.4. The number of carbonyl (C=O) groups excluding carboxylic acids is 3. The number of carbonyl (C=O) groups is 3. The Labute approximate surface area is 410 Å². The lowest BCUT2D eigenvalue weighted by molar-refractivity contribution is -0.167. The standard InChI is InChI=1S/C60H110O6/c1-7-10-13-34-43-54(4)46-37-28-22-16-19-25-31-40-49-58(61)64-52-57(66-60(63)51-42-33-27-21-18-24-30-39-48-56(6)45-36-15-12-9-3)53-65-59(62)50-41-32-26-20-17-23-29-38-47-55(5)44-35-14-11-8-2/h28-30,37-39,54-57H,7-27,31-36,40-53H2,1-6H3. The van der Waals surface area contributed by atoms with Gasteiger partial charge in [-0.15, -0.1) is 0 Å². The molecule has 0 aliphatic carbocycles. The van der Waals surface area contributed by atoms with E-state index in [0.717, 1.165) is 101 Å². The molecule has 0 fully saturated rings. The number of unbranched alkanes of at least 4 members (excludes halogenated alkanes) is 24. The van der Waals surface area contributed by atoms with Crippen LogP contribution in [0, 0.1) is 17.8 Å². The number of esters is 3. The Morgan fingerprint density at radius 1 is 0.348 bits per heavy atom. The molecule has 0 aromatic heterocycles. The van der Waals surface area contributed by atoms with Crippen molar-refractivity contribution in [3.05, 3.63) is 36.5 Å². The molecule has 0 saturated carbocycles. The Kier molecular flexibility index (Phi) is 48.7. The first-order valence-electron chi connectivity index (χ1n) is 28.7. The first-order chi connectivity index (χ1) is 32.2. The molecule has 3 unspecified atom stereocenters. The minimum absolute atomic E-state index is 0.0843. The van der Waals surface area contributed by atoms with Crippen LogP contribution in [0.5, 0.6) is 0 Å². The van der Waals surface area contributed by atoms with Crippen molar-refractivity contribution < 1.29 is 28.6 Å². The van der Waals surface area contributed by atoms with Crippen LogP contribution in [0.2, 0.25) is 0 Å². The third-order valence-electron chi connectivity index (χ3n) is 13.2. The molecule has 386 valence electrons. The summed E-state index contributed by atoms with van der Waals surface area (Å²) in [7, 11) is 0. The van der Waals surface area contributed by atoms with Gasteiger partial charge in [-0.05, 0) is 94.8 Å². The van der Waals surface area contributed by atoms with Gasteiger partial charge in [0.25, 0.3) is 0 Å². The molecule has 66 heavy (non-hydrogen) atoms. The highest BCUT2D eigenvalue weighted by molar-refractivity contribution is 5.71. The maximum absolute atomic E-state index is 12.9. The smallest absolute Gasteiger partial charge is 0.306 e. The van der Waals surface area contributed by atoms with Crippen LogP contribution in [0.4, 0.5) is 0 Å². The van der Waals surface area contributed by atoms with Crippen molar-refractivity contribution in [1.29, 1.82) is 0 Å². The molecule has 3 atom stereocenters. The van der Waals surface area contributed by atoms with Crippen LogP contribution < -0.4 is 0 Å². The van der Waals surface area contributed by atoms with Crippen molar-refractivity contribution in [2.75, 3.05) is 13.2 Å². The van der Waals surface area contributed by atoms with E-state index in [1.54, 1.807) is 0 Å². The van der Waals surface area contributed by atoms with Crippen molar-refractivity contribution in [2.45, 2.75) is 298 Å². The maximum atomic E-state index is 12.9. The van der Waals surface area contributed by atoms with Crippen molar-refractivity contribution in [1.82, 2.24) is 0 Å². The van der Waals surface area contributed by atoms with E-state index in [1.165, 1.54) is 148 Å². The molecule has 0 N–H and O–H groups in total. The van der Waals surface area contributed by atoms with E-state index >= 15 is 0 Å². The zero-order valence-electron chi connectivity index (χ0n) is 44.7. The zero-order valence-corrected chi connectivity index (χ0v) is 44.7. The largest absolute Gasteiger partial charge is 0.462 e. The molecule has 0 bridgehead atoms. The molecule has 0 saturated heterocycles. The zero-order chi connectivity index (χ0) is 48.4. The second kappa shape index (κ2) is 50.5. The molecule has 6 nitrogen and oxygen atoms in total. The van der Waals surface area contributed by atoms with Crippen LogP contribution in [-0.2, 0) is 28.6 Å². The Hall–Kier alpha value is -2.37. The fraction of sp³-hybridized carbons (Fsp3) is 0.850. The highest BCUT2D eigenvalue weighted by Crippen LogP contribution is 2.18. The average molecular weight is 928 g/mol. The number of hydrogen-bond acceptors (Lipinski definition) is 6. The van der Waals surface area contributed by atoms with Crippen molar-refractivity contribution in [3.63, 3.8) is 0 Å². The van der Waals surface area contributed by atoms with E-state index in [1.807, 2.05) is 0 Å². The minimum atomic E-state index is -0.787. The Morgan fingerprint density at radius 2 is 0.636 bits per heavy atom. The van der Waals surface area contributed by atoms with Crippen LogP contribution >= 0.6 is 0 Å². The molecule has 0 heterocycles. The average Bonchev–Trinajstić information content (AvgIpc) is 3.30. The van der Waals surface area contributed by atoms with E-state index in [4.69, 9.17) is 14.2 Å². The molecule has 0 spiro atoms. The summed E-state index contributed by atoms with van der Waals surface area (Å²) in [5.74, 6) is 1.43. The van der Waals surface area contributed by atoms with Gasteiger partial charge in [-0.2, -0.15) is 0 Å². The fourth-order valence-corrected chi connectivity index (χ4v) is 8.51. The van der Waals surface area contributed by atoms with E-state index in [-0.39, 0.29) is 31.1 Å². The van der Waals surface area contributed by atoms with Gasteiger partial charge in [0.1, 0.15) is 13.2 Å². The van der Waals surface area contributed by atoms with Crippen molar-refractivity contribution in [3.8, 4) is 0 Å². The van der Waals surface area contributed by atoms with Crippen LogP contribution in [0.25, 0.3) is 0 Å². The van der Waals surface area contributed by atoms with Gasteiger partial charge in [0.15, 0.2) is 6.10 Å². The molecular weight excluding hydrogens is 817 g/mol. The van der Waals surface area contributed by atoms with E-state index < -0.39 is 6.10 Å². The van der Waals surface area contributed by atoms with Crippen LogP contribution in [0.3, 0.4) is 0 Å². The second-order valence-electron chi connectivity index (χ2n) is 20.4. The predicted octanol–water partition coefficient (Wildman–Crippen LogP) is 18.8. The highest BCUT2D eigenvalue weighted by atomic mass is 16.6. The molecule has 0 aliphatic rings. The van der Waals surface area contributed by atoms with Gasteiger partial charge in [0.2, 0.25) is 0 Å². The SMILES string of the molecule is CCCCCCC(C)CC=CCCCCCCCC(=O)OCC(COC(=O)CCCCCCCC=CCC(C)CCCCCC)OC(=O)CCCCCCCC=CCC(C)CCCCCC. The van der Waals surface area contributed by atoms with Crippen molar-refractivity contribution >= 4 is 17.9 Å². The van der Waals surface area contributed by atoms with Crippen LogP contribution in [0.1, 0.15) is 292 Å². The number of allylic oxidation sites excluding steroid dienone is 6. The first kappa shape index (κ1) is 63.6. The van der Waals surface area contributed by atoms with E-state index in [9.17, 15) is 14.4 Å². The number of hydrogen-bond donors (Lipinski definition) is 0. The summed E-state index contributed by atoms with van der Waals surface area (Å²) in [6.45, 7) is 13.7. The maximum Gasteiger partial charge on any atom is 0.306 e. The number of ether oxygens (including phenoxy) is 3. The third kappa shape index (κ3) is 48.1. The summed E-state index contributed by atoms with van der Waals surface area (Å²) < 4.78 is 16.9. The normalized spacial score (nSPS) is 13.7. The van der Waals surface area contributed by atoms with Gasteiger partial charge in [-0.1, -0.05) is 232 Å². The first-order valence-corrected chi connectivity index (χ1v) is 28.7. The molecule has 0 amide bonds. The topological polar surface area (TPSA) is 78.9 Å². The van der Waals surface area contributed by atoms with Gasteiger partial charge in [0, 0.05) is 19.3 Å². The molecule has 0 radical (unpaired) electrons. The fourth-order valence-electron chi connectivity index (χ4n) is 8.51. The summed E-state index contributed by atoms with van der Waals surface area (Å²) >= 11 is 0. The number of rotatable bonds is 50. The Morgan fingerprint density at radius 3 is 0.970 bits per heavy atom. The Balaban J connectivity index is 4.51. The Bertz CT molecular complexity index is 1100. The molecule has 0 aliphatic heterocycles. The summed E-state index contributed by atoms with van der Waals surface area (Å²) in [5, 5.41) is 0. The minimum Gasteiger partial charge on any atom is -0.462 e. The van der Waals surface area contributed by atoms with E-state index in [2.05, 4.69) is 78.0 Å². The summed E-state index contributed by atoms with van der Waals surface area (Å²) in [6, 6.07) is 0. The lowest BCUT2D eigenvalue weighted by Crippen LogP contribution is -2.30. The molecule has 0 rings (SSSR count). The monoisotopic (exact) mass is 927 g/mol. The van der Waals surface area contributed by atoms with Gasteiger partial charge < -0.3 is 14.2 Å². The highest BCUT2D eigenvalue weighted by Gasteiger charge is 2.19. The predicted molar refractivity (Wildman–Crippen MR) is 284 cm³/mol. The lowest BCUT2D eigenvalue weighted by atomic mass is 9.99. The van der Waals surface area contributed by atoms with Gasteiger partial charge >= 0.3 is 17.9 Å². The molecule has 0 aromatic carbocycles. The summed E-state index contributed by atoms with van der Waals surface area (Å²) in [5.41, 5.74) is 0.